The van der Waals surface area contributed by atoms with Crippen molar-refractivity contribution in [2.45, 2.75) is 25.9 Å². The molecule has 17 heavy (non-hydrogen) atoms. The van der Waals surface area contributed by atoms with E-state index >= 15 is 0 Å². The number of carbonyl (C=O) groups is 1. The number of rotatable bonds is 4. The Morgan fingerprint density at radius 3 is 2.71 bits per heavy atom. The van der Waals surface area contributed by atoms with Gasteiger partial charge in [0.05, 0.1) is 10.7 Å². The lowest BCUT2D eigenvalue weighted by Gasteiger charge is -2.25. The van der Waals surface area contributed by atoms with Crippen LogP contribution < -0.4 is 5.32 Å². The number of anilines is 1. The normalized spacial score (nSPS) is 14.1. The summed E-state index contributed by atoms with van der Waals surface area (Å²) in [6.45, 7) is 3.57. The van der Waals surface area contributed by atoms with Crippen LogP contribution >= 0.6 is 11.6 Å². The second kappa shape index (κ2) is 5.38. The van der Waals surface area contributed by atoms with Crippen molar-refractivity contribution in [3.05, 3.63) is 23.2 Å². The van der Waals surface area contributed by atoms with Gasteiger partial charge in [0.2, 0.25) is 0 Å². The zero-order valence-corrected chi connectivity index (χ0v) is 10.8. The van der Waals surface area contributed by atoms with E-state index in [2.05, 4.69) is 5.32 Å². The van der Waals surface area contributed by atoms with Crippen LogP contribution in [0.2, 0.25) is 5.02 Å². The molecule has 0 aliphatic carbocycles. The number of ether oxygens (including phenoxy) is 1. The van der Waals surface area contributed by atoms with Crippen molar-refractivity contribution in [2.75, 3.05) is 12.4 Å². The molecule has 1 unspecified atom stereocenters. The fourth-order valence-corrected chi connectivity index (χ4v) is 1.48. The Morgan fingerprint density at radius 2 is 2.24 bits per heavy atom. The van der Waals surface area contributed by atoms with Gasteiger partial charge in [-0.05, 0) is 25.5 Å². The molecule has 94 valence electrons. The first-order chi connectivity index (χ1) is 7.92. The summed E-state index contributed by atoms with van der Waals surface area (Å²) in [4.78, 5) is 12.0. The number of benzene rings is 1. The van der Waals surface area contributed by atoms with Crippen molar-refractivity contribution in [1.82, 2.24) is 0 Å². The number of aromatic hydroxyl groups is 1. The van der Waals surface area contributed by atoms with Crippen LogP contribution in [-0.2, 0) is 9.53 Å². The van der Waals surface area contributed by atoms with E-state index < -0.39 is 5.60 Å². The van der Waals surface area contributed by atoms with E-state index in [1.807, 2.05) is 6.92 Å². The maximum Gasteiger partial charge on any atom is 0.256 e. The molecule has 4 nitrogen and oxygen atoms in total. The Kier molecular flexibility index (Phi) is 4.37. The molecule has 1 aromatic rings. The molecule has 0 spiro atoms. The molecule has 1 rings (SSSR count). The minimum Gasteiger partial charge on any atom is -0.508 e. The Balaban J connectivity index is 2.88. The van der Waals surface area contributed by atoms with Crippen LogP contribution in [0.15, 0.2) is 18.2 Å². The molecular weight excluding hydrogens is 242 g/mol. The summed E-state index contributed by atoms with van der Waals surface area (Å²) in [5.41, 5.74) is -0.438. The predicted octanol–water partition coefficient (Wildman–Crippen LogP) is 2.80. The number of hydrogen-bond donors (Lipinski definition) is 2. The summed E-state index contributed by atoms with van der Waals surface area (Å²) in [7, 11) is 1.49. The van der Waals surface area contributed by atoms with Gasteiger partial charge < -0.3 is 15.2 Å². The molecule has 1 amide bonds. The van der Waals surface area contributed by atoms with E-state index in [-0.39, 0.29) is 16.7 Å². The van der Waals surface area contributed by atoms with E-state index in [0.29, 0.717) is 12.1 Å². The molecule has 0 aromatic heterocycles. The summed E-state index contributed by atoms with van der Waals surface area (Å²) in [6.07, 6.45) is 0.547. The Bertz CT molecular complexity index is 416. The first kappa shape index (κ1) is 13.8. The number of halogens is 1. The van der Waals surface area contributed by atoms with E-state index in [4.69, 9.17) is 16.3 Å². The number of hydrogen-bond acceptors (Lipinski definition) is 3. The van der Waals surface area contributed by atoms with Crippen molar-refractivity contribution < 1.29 is 14.6 Å². The number of phenols is 1. The smallest absolute Gasteiger partial charge is 0.256 e. The summed E-state index contributed by atoms with van der Waals surface area (Å²) in [5.74, 6) is -0.215. The molecule has 0 saturated carbocycles. The van der Waals surface area contributed by atoms with Crippen LogP contribution in [0, 0.1) is 0 Å². The first-order valence-electron chi connectivity index (χ1n) is 5.28. The summed E-state index contributed by atoms with van der Waals surface area (Å²) in [6, 6.07) is 4.37. The van der Waals surface area contributed by atoms with Crippen LogP contribution in [0.25, 0.3) is 0 Å². The first-order valence-corrected chi connectivity index (χ1v) is 5.66. The lowest BCUT2D eigenvalue weighted by molar-refractivity contribution is -0.136. The Morgan fingerprint density at radius 1 is 1.59 bits per heavy atom. The second-order valence-corrected chi connectivity index (χ2v) is 4.31. The summed E-state index contributed by atoms with van der Waals surface area (Å²) in [5, 5.41) is 12.2. The monoisotopic (exact) mass is 257 g/mol. The highest BCUT2D eigenvalue weighted by atomic mass is 35.5. The van der Waals surface area contributed by atoms with Crippen molar-refractivity contribution in [1.29, 1.82) is 0 Å². The van der Waals surface area contributed by atoms with Crippen LogP contribution in [0.3, 0.4) is 0 Å². The molecule has 0 heterocycles. The minimum atomic E-state index is -0.888. The van der Waals surface area contributed by atoms with Gasteiger partial charge >= 0.3 is 0 Å². The van der Waals surface area contributed by atoms with Crippen molar-refractivity contribution >= 4 is 23.2 Å². The fraction of sp³-hybridized carbons (Fsp3) is 0.417. The van der Waals surface area contributed by atoms with Crippen LogP contribution in [0.4, 0.5) is 5.69 Å². The number of phenolic OH excluding ortho intramolecular Hbond substituents is 1. The molecule has 0 radical (unpaired) electrons. The fourth-order valence-electron chi connectivity index (χ4n) is 1.26. The van der Waals surface area contributed by atoms with Gasteiger partial charge in [0.25, 0.3) is 5.91 Å². The lowest BCUT2D eigenvalue weighted by Crippen LogP contribution is -2.41. The van der Waals surface area contributed by atoms with Gasteiger partial charge in [-0.2, -0.15) is 0 Å². The van der Waals surface area contributed by atoms with Crippen LogP contribution in [0.1, 0.15) is 20.3 Å². The molecule has 0 saturated heterocycles. The second-order valence-electron chi connectivity index (χ2n) is 3.91. The Labute approximate surface area is 106 Å². The topological polar surface area (TPSA) is 58.6 Å². The average Bonchev–Trinajstić information content (AvgIpc) is 2.31. The molecule has 1 atom stereocenters. The van der Waals surface area contributed by atoms with Gasteiger partial charge in [-0.3, -0.25) is 4.79 Å². The third kappa shape index (κ3) is 3.11. The van der Waals surface area contributed by atoms with Crippen LogP contribution in [-0.4, -0.2) is 23.7 Å². The van der Waals surface area contributed by atoms with Crippen molar-refractivity contribution in [3.63, 3.8) is 0 Å². The molecule has 0 aliphatic rings. The molecule has 5 heteroatoms. The van der Waals surface area contributed by atoms with Gasteiger partial charge in [0.1, 0.15) is 11.4 Å². The highest BCUT2D eigenvalue weighted by Crippen LogP contribution is 2.27. The zero-order chi connectivity index (χ0) is 13.1. The molecule has 0 bridgehead atoms. The maximum absolute atomic E-state index is 12.0. The van der Waals surface area contributed by atoms with Gasteiger partial charge in [-0.15, -0.1) is 0 Å². The van der Waals surface area contributed by atoms with E-state index in [0.717, 1.165) is 0 Å². The molecule has 1 aromatic carbocycles. The highest BCUT2D eigenvalue weighted by Gasteiger charge is 2.31. The number of carbonyl (C=O) groups excluding carboxylic acids is 1. The SMILES string of the molecule is CCC(C)(OC)C(=O)Nc1ccc(O)cc1Cl. The van der Waals surface area contributed by atoms with E-state index in [1.54, 1.807) is 13.0 Å². The molecule has 0 fully saturated rings. The average molecular weight is 258 g/mol. The van der Waals surface area contributed by atoms with Crippen molar-refractivity contribution in [2.24, 2.45) is 0 Å². The lowest BCUT2D eigenvalue weighted by atomic mass is 10.0. The maximum atomic E-state index is 12.0. The minimum absolute atomic E-state index is 0.0537. The summed E-state index contributed by atoms with van der Waals surface area (Å²) >= 11 is 5.89. The number of methoxy groups -OCH3 is 1. The third-order valence-electron chi connectivity index (χ3n) is 2.81. The highest BCUT2D eigenvalue weighted by molar-refractivity contribution is 6.33. The van der Waals surface area contributed by atoms with Gasteiger partial charge in [-0.1, -0.05) is 18.5 Å². The summed E-state index contributed by atoms with van der Waals surface area (Å²) < 4.78 is 5.18. The predicted molar refractivity (Wildman–Crippen MR) is 67.5 cm³/mol. The largest absolute Gasteiger partial charge is 0.508 e. The molecule has 0 aliphatic heterocycles. The van der Waals surface area contributed by atoms with Gasteiger partial charge in [0, 0.05) is 13.2 Å². The van der Waals surface area contributed by atoms with Crippen molar-refractivity contribution in [3.8, 4) is 5.75 Å². The zero-order valence-electron chi connectivity index (χ0n) is 10.1. The van der Waals surface area contributed by atoms with E-state index in [1.165, 1.54) is 19.2 Å². The van der Waals surface area contributed by atoms with Crippen LogP contribution in [0.5, 0.6) is 5.75 Å². The standard InChI is InChI=1S/C12H16ClNO3/c1-4-12(2,17-3)11(16)14-10-6-5-8(15)7-9(10)13/h5-7,15H,4H2,1-3H3,(H,14,16). The van der Waals surface area contributed by atoms with Gasteiger partial charge in [0.15, 0.2) is 0 Å². The molecular formula is C12H16ClNO3. The Hall–Kier alpha value is -1.26. The van der Waals surface area contributed by atoms with Gasteiger partial charge in [-0.25, -0.2) is 0 Å². The number of amides is 1. The van der Waals surface area contributed by atoms with E-state index in [9.17, 15) is 9.90 Å². The quantitative estimate of drug-likeness (QED) is 0.816. The third-order valence-corrected chi connectivity index (χ3v) is 3.12. The molecule has 2 N–H and O–H groups in total. The number of nitrogens with one attached hydrogen (secondary N) is 1.